The van der Waals surface area contributed by atoms with Gasteiger partial charge in [-0.1, -0.05) is 0 Å². The maximum Gasteiger partial charge on any atom is 0.243 e. The first kappa shape index (κ1) is 24.8. The monoisotopic (exact) mass is 512 g/mol. The van der Waals surface area contributed by atoms with Crippen LogP contribution in [0.3, 0.4) is 0 Å². The Kier molecular flexibility index (Phi) is 7.57. The highest BCUT2D eigenvalue weighted by Crippen LogP contribution is 2.27. The Morgan fingerprint density at radius 3 is 2.53 bits per heavy atom. The molecule has 11 heteroatoms. The maximum absolute atomic E-state index is 13.2. The minimum Gasteiger partial charge on any atom is -0.486 e. The average Bonchev–Trinajstić information content (AvgIpc) is 3.43. The number of rotatable bonds is 7. The number of sulfonamides is 1. The third kappa shape index (κ3) is 5.57. The number of nitrogens with zero attached hydrogens (tertiary/aromatic N) is 4. The van der Waals surface area contributed by atoms with Gasteiger partial charge in [0.25, 0.3) is 0 Å². The third-order valence-electron chi connectivity index (χ3n) is 6.93. The molecule has 2 N–H and O–H groups in total. The number of piperidine rings is 1. The molecule has 3 aliphatic rings. The van der Waals surface area contributed by atoms with Crippen LogP contribution in [-0.2, 0) is 14.8 Å². The van der Waals surface area contributed by atoms with E-state index in [-0.39, 0.29) is 12.1 Å². The van der Waals surface area contributed by atoms with Gasteiger partial charge in [-0.05, 0) is 37.1 Å². The fourth-order valence-corrected chi connectivity index (χ4v) is 6.30. The zero-order valence-electron chi connectivity index (χ0n) is 20.2. The van der Waals surface area contributed by atoms with Crippen LogP contribution in [0.1, 0.15) is 24.8 Å². The molecule has 3 saturated heterocycles. The number of nitriles is 1. The molecule has 4 heterocycles. The van der Waals surface area contributed by atoms with Crippen molar-refractivity contribution in [1.29, 1.82) is 5.26 Å². The van der Waals surface area contributed by atoms with Gasteiger partial charge < -0.3 is 25.0 Å². The summed E-state index contributed by atoms with van der Waals surface area (Å²) in [6.07, 6.45) is 3.56. The van der Waals surface area contributed by atoms with Crippen molar-refractivity contribution in [1.82, 2.24) is 14.6 Å². The van der Waals surface area contributed by atoms with Gasteiger partial charge in [0, 0.05) is 63.5 Å². The van der Waals surface area contributed by atoms with Crippen LogP contribution in [0.2, 0.25) is 0 Å². The molecule has 0 amide bonds. The molecule has 2 aromatic rings. The second kappa shape index (κ2) is 11.0. The van der Waals surface area contributed by atoms with Gasteiger partial charge in [0.05, 0.1) is 24.3 Å². The van der Waals surface area contributed by atoms with Gasteiger partial charge in [-0.3, -0.25) is 0 Å². The molecule has 1 atom stereocenters. The van der Waals surface area contributed by atoms with Crippen LogP contribution in [0, 0.1) is 11.3 Å². The normalized spacial score (nSPS) is 21.8. The topological polar surface area (TPSA) is 120 Å². The Balaban J connectivity index is 1.18. The van der Waals surface area contributed by atoms with Crippen LogP contribution < -0.4 is 20.3 Å². The summed E-state index contributed by atoms with van der Waals surface area (Å²) in [5.41, 5.74) is 1.44. The van der Waals surface area contributed by atoms with Crippen molar-refractivity contribution in [2.75, 3.05) is 62.7 Å². The number of hydrogen-bond acceptors (Lipinski definition) is 9. The van der Waals surface area contributed by atoms with Crippen LogP contribution in [0.5, 0.6) is 5.75 Å². The number of pyridine rings is 1. The van der Waals surface area contributed by atoms with Crippen molar-refractivity contribution in [3.63, 3.8) is 0 Å². The summed E-state index contributed by atoms with van der Waals surface area (Å²) < 4.78 is 39.3. The van der Waals surface area contributed by atoms with Gasteiger partial charge in [-0.2, -0.15) is 9.57 Å². The minimum absolute atomic E-state index is 0.0632. The van der Waals surface area contributed by atoms with Crippen molar-refractivity contribution in [3.05, 3.63) is 42.1 Å². The first-order valence-corrected chi connectivity index (χ1v) is 13.9. The first-order chi connectivity index (χ1) is 17.5. The van der Waals surface area contributed by atoms with E-state index in [4.69, 9.17) is 9.47 Å². The molecular formula is C25H32N6O4S. The average molecular weight is 513 g/mol. The van der Waals surface area contributed by atoms with Crippen LogP contribution in [0.4, 0.5) is 11.5 Å². The lowest BCUT2D eigenvalue weighted by atomic mass is 10.1. The second-order valence-electron chi connectivity index (χ2n) is 9.33. The number of hydrogen-bond donors (Lipinski definition) is 2. The molecule has 0 unspecified atom stereocenters. The van der Waals surface area contributed by atoms with E-state index in [1.165, 1.54) is 6.20 Å². The van der Waals surface area contributed by atoms with Gasteiger partial charge >= 0.3 is 0 Å². The largest absolute Gasteiger partial charge is 0.486 e. The van der Waals surface area contributed by atoms with Crippen molar-refractivity contribution in [2.45, 2.75) is 36.3 Å². The SMILES string of the molecule is N#Cc1cnc(NC2CCN(S(=O)(=O)c3ccc(N4CCNCC4)cc3)CC2)cc1O[C@H]1CCOC1. The van der Waals surface area contributed by atoms with Crippen molar-refractivity contribution >= 4 is 21.5 Å². The highest BCUT2D eigenvalue weighted by molar-refractivity contribution is 7.89. The van der Waals surface area contributed by atoms with Gasteiger partial charge in [0.15, 0.2) is 0 Å². The lowest BCUT2D eigenvalue weighted by Crippen LogP contribution is -2.43. The van der Waals surface area contributed by atoms with Crippen LogP contribution in [0.25, 0.3) is 0 Å². The number of piperazine rings is 1. The van der Waals surface area contributed by atoms with E-state index in [1.807, 2.05) is 12.1 Å². The summed E-state index contributed by atoms with van der Waals surface area (Å²) >= 11 is 0. The van der Waals surface area contributed by atoms with Gasteiger partial charge in [0.1, 0.15) is 29.3 Å². The molecular weight excluding hydrogens is 480 g/mol. The van der Waals surface area contributed by atoms with Gasteiger partial charge in [-0.15, -0.1) is 0 Å². The molecule has 36 heavy (non-hydrogen) atoms. The summed E-state index contributed by atoms with van der Waals surface area (Å²) in [6, 6.07) is 11.2. The molecule has 3 aliphatic heterocycles. The predicted octanol–water partition coefficient (Wildman–Crippen LogP) is 1.80. The number of ether oxygens (including phenoxy) is 2. The van der Waals surface area contributed by atoms with E-state index in [0.29, 0.717) is 61.2 Å². The Morgan fingerprint density at radius 2 is 1.86 bits per heavy atom. The van der Waals surface area contributed by atoms with E-state index in [9.17, 15) is 13.7 Å². The summed E-state index contributed by atoms with van der Waals surface area (Å²) in [5.74, 6) is 1.11. The standard InChI is InChI=1S/C25H32N6O4S/c26-16-19-17-28-25(15-24(19)35-22-7-14-34-18-22)29-20-5-10-31(11-6-20)36(32,33)23-3-1-21(2-4-23)30-12-8-27-9-13-30/h1-4,15,17,20,22,27H,5-14,18H2,(H,28,29)/t22-/m0/s1. The second-order valence-corrected chi connectivity index (χ2v) is 11.3. The lowest BCUT2D eigenvalue weighted by Gasteiger charge is -2.32. The Morgan fingerprint density at radius 1 is 1.11 bits per heavy atom. The molecule has 0 bridgehead atoms. The quantitative estimate of drug-likeness (QED) is 0.572. The molecule has 3 fully saturated rings. The number of benzene rings is 1. The van der Waals surface area contributed by atoms with E-state index >= 15 is 0 Å². The van der Waals surface area contributed by atoms with E-state index in [2.05, 4.69) is 26.6 Å². The van der Waals surface area contributed by atoms with E-state index in [0.717, 1.165) is 38.3 Å². The molecule has 0 aliphatic carbocycles. The summed E-state index contributed by atoms with van der Waals surface area (Å²) in [6.45, 7) is 5.74. The van der Waals surface area contributed by atoms with Crippen LogP contribution in [-0.4, -0.2) is 82.3 Å². The molecule has 0 radical (unpaired) electrons. The highest BCUT2D eigenvalue weighted by Gasteiger charge is 2.30. The zero-order chi connectivity index (χ0) is 25.0. The third-order valence-corrected chi connectivity index (χ3v) is 8.84. The Bertz CT molecular complexity index is 1180. The van der Waals surface area contributed by atoms with Crippen LogP contribution >= 0.6 is 0 Å². The Hall–Kier alpha value is -2.91. The van der Waals surface area contributed by atoms with Gasteiger partial charge in [-0.25, -0.2) is 13.4 Å². The number of anilines is 2. The Labute approximate surface area is 212 Å². The van der Waals surface area contributed by atoms with E-state index < -0.39 is 10.0 Å². The smallest absolute Gasteiger partial charge is 0.243 e. The first-order valence-electron chi connectivity index (χ1n) is 12.5. The molecule has 0 saturated carbocycles. The van der Waals surface area contributed by atoms with Crippen LogP contribution in [0.15, 0.2) is 41.4 Å². The van der Waals surface area contributed by atoms with Crippen molar-refractivity contribution in [2.24, 2.45) is 0 Å². The fraction of sp³-hybridized carbons (Fsp3) is 0.520. The lowest BCUT2D eigenvalue weighted by molar-refractivity contribution is 0.141. The molecule has 0 spiro atoms. The molecule has 5 rings (SSSR count). The zero-order valence-corrected chi connectivity index (χ0v) is 21.0. The molecule has 10 nitrogen and oxygen atoms in total. The summed E-state index contributed by atoms with van der Waals surface area (Å²) in [5, 5.41) is 16.1. The molecule has 192 valence electrons. The minimum atomic E-state index is -3.54. The fourth-order valence-electron chi connectivity index (χ4n) is 4.83. The van der Waals surface area contributed by atoms with E-state index in [1.54, 1.807) is 22.5 Å². The van der Waals surface area contributed by atoms with Gasteiger partial charge in [0.2, 0.25) is 10.0 Å². The number of nitrogens with one attached hydrogen (secondary N) is 2. The van der Waals surface area contributed by atoms with Crippen molar-refractivity contribution < 1.29 is 17.9 Å². The predicted molar refractivity (Wildman–Crippen MR) is 136 cm³/mol. The molecule has 1 aromatic heterocycles. The number of aromatic nitrogens is 1. The summed E-state index contributed by atoms with van der Waals surface area (Å²) in [7, 11) is -3.54. The highest BCUT2D eigenvalue weighted by atomic mass is 32.2. The van der Waals surface area contributed by atoms with Crippen molar-refractivity contribution in [3.8, 4) is 11.8 Å². The maximum atomic E-state index is 13.2. The summed E-state index contributed by atoms with van der Waals surface area (Å²) in [4.78, 5) is 6.95. The molecule has 1 aromatic carbocycles.